The fourth-order valence-corrected chi connectivity index (χ4v) is 3.14. The summed E-state index contributed by atoms with van der Waals surface area (Å²) in [7, 11) is 0. The molecule has 0 aliphatic carbocycles. The van der Waals surface area contributed by atoms with Gasteiger partial charge < -0.3 is 9.47 Å². The number of nitriles is 1. The Labute approximate surface area is 145 Å². The van der Waals surface area contributed by atoms with E-state index in [0.29, 0.717) is 18.7 Å². The van der Waals surface area contributed by atoms with Crippen LogP contribution in [0, 0.1) is 11.3 Å². The minimum absolute atomic E-state index is 0.0204. The van der Waals surface area contributed by atoms with Crippen molar-refractivity contribution >= 4 is 5.91 Å². The summed E-state index contributed by atoms with van der Waals surface area (Å²) in [4.78, 5) is 23.2. The van der Waals surface area contributed by atoms with Crippen molar-refractivity contribution in [2.45, 2.75) is 19.1 Å². The predicted molar refractivity (Wildman–Crippen MR) is 90.0 cm³/mol. The van der Waals surface area contributed by atoms with E-state index in [1.54, 1.807) is 37.1 Å². The summed E-state index contributed by atoms with van der Waals surface area (Å²) in [5, 5.41) is 8.98. The highest BCUT2D eigenvalue weighted by Crippen LogP contribution is 2.29. The van der Waals surface area contributed by atoms with Gasteiger partial charge in [-0.25, -0.2) is 4.98 Å². The molecule has 1 atom stereocenters. The number of hydrogen-bond acceptors (Lipinski definition) is 4. The van der Waals surface area contributed by atoms with Gasteiger partial charge in [-0.05, 0) is 35.4 Å². The van der Waals surface area contributed by atoms with E-state index in [1.807, 2.05) is 33.7 Å². The van der Waals surface area contributed by atoms with Crippen LogP contribution in [0.3, 0.4) is 0 Å². The second-order valence-electron chi connectivity index (χ2n) is 5.98. The minimum Gasteiger partial charge on any atom is -0.330 e. The Balaban J connectivity index is 1.70. The largest absolute Gasteiger partial charge is 0.330 e. The molecular formula is C19H15N5O. The number of rotatable bonds is 3. The highest BCUT2D eigenvalue weighted by atomic mass is 16.2. The first-order valence-corrected chi connectivity index (χ1v) is 7.95. The molecule has 2 aromatic heterocycles. The monoisotopic (exact) mass is 329 g/mol. The van der Waals surface area contributed by atoms with Gasteiger partial charge in [0.15, 0.2) is 0 Å². The lowest BCUT2D eigenvalue weighted by atomic mass is 10.0. The molecule has 0 saturated carbocycles. The second kappa shape index (κ2) is 6.21. The topological polar surface area (TPSA) is 74.8 Å². The van der Waals surface area contributed by atoms with Crippen molar-refractivity contribution in [3.63, 3.8) is 0 Å². The predicted octanol–water partition coefficient (Wildman–Crippen LogP) is 2.28. The number of hydrogen-bond donors (Lipinski definition) is 0. The first-order valence-electron chi connectivity index (χ1n) is 7.95. The number of fused-ring (bicyclic) bond motifs is 1. The van der Waals surface area contributed by atoms with Gasteiger partial charge in [-0.15, -0.1) is 0 Å². The smallest absolute Gasteiger partial charge is 0.250 e. The molecule has 0 fully saturated rings. The highest BCUT2D eigenvalue weighted by molar-refractivity contribution is 5.84. The molecule has 1 unspecified atom stereocenters. The third-order valence-electron chi connectivity index (χ3n) is 4.40. The van der Waals surface area contributed by atoms with Crippen LogP contribution in [-0.4, -0.2) is 25.3 Å². The summed E-state index contributed by atoms with van der Waals surface area (Å²) in [6.07, 6.45) is 6.95. The molecule has 1 amide bonds. The van der Waals surface area contributed by atoms with Crippen LogP contribution >= 0.6 is 0 Å². The number of nitrogens with zero attached hydrogens (tertiary/aromatic N) is 5. The zero-order valence-corrected chi connectivity index (χ0v) is 13.4. The van der Waals surface area contributed by atoms with Gasteiger partial charge in [-0.3, -0.25) is 9.78 Å². The van der Waals surface area contributed by atoms with E-state index in [2.05, 4.69) is 16.0 Å². The third-order valence-corrected chi connectivity index (χ3v) is 4.40. The molecule has 0 radical (unpaired) electrons. The van der Waals surface area contributed by atoms with Crippen molar-refractivity contribution in [1.82, 2.24) is 19.4 Å². The average Bonchev–Trinajstić information content (AvgIpc) is 3.11. The van der Waals surface area contributed by atoms with Crippen molar-refractivity contribution in [3.8, 4) is 6.07 Å². The average molecular weight is 329 g/mol. The maximum absolute atomic E-state index is 13.1. The number of carbonyl (C=O) groups excluding carboxylic acids is 1. The lowest BCUT2D eigenvalue weighted by molar-refractivity contribution is -0.136. The van der Waals surface area contributed by atoms with E-state index >= 15 is 0 Å². The summed E-state index contributed by atoms with van der Waals surface area (Å²) >= 11 is 0. The summed E-state index contributed by atoms with van der Waals surface area (Å²) in [5.41, 5.74) is 3.45. The fourth-order valence-electron chi connectivity index (χ4n) is 3.14. The van der Waals surface area contributed by atoms with Gasteiger partial charge in [-0.1, -0.05) is 12.1 Å². The standard InChI is InChI=1S/C19H15N5O/c20-9-14-1-3-16(4-2-14)18-19(25)23(11-15-5-7-21-8-6-15)12-17-10-22-13-24(17)18/h1-8,10,13,18H,11-12H2. The van der Waals surface area contributed by atoms with Crippen LogP contribution < -0.4 is 0 Å². The molecule has 6 nitrogen and oxygen atoms in total. The van der Waals surface area contributed by atoms with Gasteiger partial charge in [0.2, 0.25) is 0 Å². The Morgan fingerprint density at radius 3 is 2.60 bits per heavy atom. The van der Waals surface area contributed by atoms with Gasteiger partial charge in [0.25, 0.3) is 5.91 Å². The number of benzene rings is 1. The van der Waals surface area contributed by atoms with Crippen LogP contribution in [0.25, 0.3) is 0 Å². The number of pyridine rings is 1. The lowest BCUT2D eigenvalue weighted by Gasteiger charge is -2.34. The van der Waals surface area contributed by atoms with E-state index in [1.165, 1.54) is 0 Å². The second-order valence-corrected chi connectivity index (χ2v) is 5.98. The highest BCUT2D eigenvalue weighted by Gasteiger charge is 2.33. The molecule has 25 heavy (non-hydrogen) atoms. The quantitative estimate of drug-likeness (QED) is 0.739. The third kappa shape index (κ3) is 2.76. The molecule has 1 aliphatic heterocycles. The molecular weight excluding hydrogens is 314 g/mol. The van der Waals surface area contributed by atoms with Crippen molar-refractivity contribution in [2.24, 2.45) is 0 Å². The van der Waals surface area contributed by atoms with E-state index in [9.17, 15) is 4.79 Å². The minimum atomic E-state index is -0.458. The summed E-state index contributed by atoms with van der Waals surface area (Å²) in [6.45, 7) is 1.05. The number of aromatic nitrogens is 3. The van der Waals surface area contributed by atoms with Crippen LogP contribution in [0.2, 0.25) is 0 Å². The molecule has 0 bridgehead atoms. The van der Waals surface area contributed by atoms with Crippen LogP contribution in [0.5, 0.6) is 0 Å². The normalized spacial score (nSPS) is 16.4. The number of imidazole rings is 1. The van der Waals surface area contributed by atoms with Crippen LogP contribution in [-0.2, 0) is 17.9 Å². The van der Waals surface area contributed by atoms with Crippen molar-refractivity contribution in [2.75, 3.05) is 0 Å². The first kappa shape index (κ1) is 15.1. The molecule has 3 heterocycles. The molecule has 122 valence electrons. The molecule has 0 saturated heterocycles. The van der Waals surface area contributed by atoms with E-state index in [0.717, 1.165) is 16.8 Å². The summed E-state index contributed by atoms with van der Waals surface area (Å²) in [6, 6.07) is 12.6. The molecule has 3 aromatic rings. The summed E-state index contributed by atoms with van der Waals surface area (Å²) in [5.74, 6) is 0.0204. The molecule has 6 heteroatoms. The van der Waals surface area contributed by atoms with Gasteiger partial charge in [0.1, 0.15) is 6.04 Å². The molecule has 4 rings (SSSR count). The maximum atomic E-state index is 13.1. The van der Waals surface area contributed by atoms with Gasteiger partial charge in [0.05, 0.1) is 30.2 Å². The van der Waals surface area contributed by atoms with E-state index < -0.39 is 6.04 Å². The van der Waals surface area contributed by atoms with Crippen LogP contribution in [0.4, 0.5) is 0 Å². The first-order chi connectivity index (χ1) is 12.3. The lowest BCUT2D eigenvalue weighted by Crippen LogP contribution is -2.42. The van der Waals surface area contributed by atoms with Gasteiger partial charge in [-0.2, -0.15) is 5.26 Å². The number of carbonyl (C=O) groups is 1. The van der Waals surface area contributed by atoms with Crippen LogP contribution in [0.1, 0.15) is 28.4 Å². The van der Waals surface area contributed by atoms with E-state index in [4.69, 9.17) is 5.26 Å². The zero-order chi connectivity index (χ0) is 17.2. The van der Waals surface area contributed by atoms with Gasteiger partial charge >= 0.3 is 0 Å². The number of amides is 1. The van der Waals surface area contributed by atoms with Crippen LogP contribution in [0.15, 0.2) is 61.3 Å². The van der Waals surface area contributed by atoms with E-state index in [-0.39, 0.29) is 5.91 Å². The Morgan fingerprint density at radius 2 is 1.88 bits per heavy atom. The molecule has 0 N–H and O–H groups in total. The molecule has 1 aromatic carbocycles. The molecule has 0 spiro atoms. The van der Waals surface area contributed by atoms with Crippen molar-refractivity contribution in [3.05, 3.63) is 83.7 Å². The summed E-state index contributed by atoms with van der Waals surface area (Å²) < 4.78 is 1.91. The fraction of sp³-hybridized carbons (Fsp3) is 0.158. The van der Waals surface area contributed by atoms with Crippen molar-refractivity contribution in [1.29, 1.82) is 5.26 Å². The Bertz CT molecular complexity index is 940. The Hall–Kier alpha value is -3.46. The Morgan fingerprint density at radius 1 is 1.12 bits per heavy atom. The Kier molecular flexibility index (Phi) is 3.75. The maximum Gasteiger partial charge on any atom is 0.250 e. The van der Waals surface area contributed by atoms with Gasteiger partial charge in [0, 0.05) is 25.1 Å². The zero-order valence-electron chi connectivity index (χ0n) is 13.4. The molecule has 1 aliphatic rings. The van der Waals surface area contributed by atoms with Crippen molar-refractivity contribution < 1.29 is 4.79 Å². The SMILES string of the molecule is N#Cc1ccc(C2C(=O)N(Cc3ccncc3)Cc3cncn32)cc1.